The second-order valence-corrected chi connectivity index (χ2v) is 4.61. The monoisotopic (exact) mass is 323 g/mol. The van der Waals surface area contributed by atoms with E-state index in [1.807, 2.05) is 0 Å². The highest BCUT2D eigenvalue weighted by molar-refractivity contribution is 9.10. The first kappa shape index (κ1) is 13.5. The van der Waals surface area contributed by atoms with Gasteiger partial charge < -0.3 is 4.74 Å². The number of rotatable bonds is 3. The van der Waals surface area contributed by atoms with Crippen molar-refractivity contribution in [3.8, 4) is 11.8 Å². The van der Waals surface area contributed by atoms with Gasteiger partial charge in [-0.3, -0.25) is 0 Å². The fourth-order valence-electron chi connectivity index (χ4n) is 1.53. The van der Waals surface area contributed by atoms with Gasteiger partial charge in [-0.05, 0) is 40.2 Å². The first-order valence-corrected chi connectivity index (χ1v) is 6.16. The Balaban J connectivity index is 2.17. The Morgan fingerprint density at radius 1 is 1.21 bits per heavy atom. The van der Waals surface area contributed by atoms with E-state index in [2.05, 4.69) is 15.9 Å². The van der Waals surface area contributed by atoms with Crippen molar-refractivity contribution in [3.05, 3.63) is 63.6 Å². The maximum atomic E-state index is 13.8. The van der Waals surface area contributed by atoms with Crippen molar-refractivity contribution in [2.24, 2.45) is 0 Å². The molecule has 0 spiro atoms. The Morgan fingerprint density at radius 2 is 2.00 bits per heavy atom. The predicted molar refractivity (Wildman–Crippen MR) is 69.5 cm³/mol. The van der Waals surface area contributed by atoms with Crippen molar-refractivity contribution < 1.29 is 13.5 Å². The summed E-state index contributed by atoms with van der Waals surface area (Å²) in [6.07, 6.45) is 0. The summed E-state index contributed by atoms with van der Waals surface area (Å²) in [4.78, 5) is 0. The van der Waals surface area contributed by atoms with Gasteiger partial charge in [-0.25, -0.2) is 8.78 Å². The van der Waals surface area contributed by atoms with Crippen LogP contribution in [0.5, 0.6) is 5.75 Å². The van der Waals surface area contributed by atoms with Gasteiger partial charge in [-0.15, -0.1) is 0 Å². The van der Waals surface area contributed by atoms with Crippen LogP contribution < -0.4 is 4.74 Å². The van der Waals surface area contributed by atoms with E-state index in [1.54, 1.807) is 12.1 Å². The van der Waals surface area contributed by atoms with Gasteiger partial charge in [0.25, 0.3) is 0 Å². The van der Waals surface area contributed by atoms with E-state index in [-0.39, 0.29) is 17.7 Å². The van der Waals surface area contributed by atoms with Crippen LogP contribution in [0.15, 0.2) is 40.9 Å². The number of nitriles is 1. The summed E-state index contributed by atoms with van der Waals surface area (Å²) in [6.45, 7) is -0.0361. The maximum absolute atomic E-state index is 13.8. The lowest BCUT2D eigenvalue weighted by molar-refractivity contribution is 0.297. The van der Waals surface area contributed by atoms with Crippen molar-refractivity contribution in [1.82, 2.24) is 0 Å². The molecule has 0 bridgehead atoms. The molecule has 0 aliphatic carbocycles. The molecular formula is C14H8BrF2NO. The average molecular weight is 324 g/mol. The molecule has 0 N–H and O–H groups in total. The van der Waals surface area contributed by atoms with Crippen LogP contribution in [0.3, 0.4) is 0 Å². The van der Waals surface area contributed by atoms with Crippen LogP contribution in [-0.4, -0.2) is 0 Å². The zero-order chi connectivity index (χ0) is 13.8. The minimum atomic E-state index is -0.594. The molecule has 0 saturated heterocycles. The fourth-order valence-corrected chi connectivity index (χ4v) is 1.99. The van der Waals surface area contributed by atoms with Gasteiger partial charge in [0, 0.05) is 5.56 Å². The van der Waals surface area contributed by atoms with Crippen molar-refractivity contribution in [2.75, 3.05) is 0 Å². The molecule has 19 heavy (non-hydrogen) atoms. The highest BCUT2D eigenvalue weighted by Gasteiger charge is 2.09. The third kappa shape index (κ3) is 3.09. The second kappa shape index (κ2) is 5.81. The minimum Gasteiger partial charge on any atom is -0.488 e. The van der Waals surface area contributed by atoms with E-state index in [9.17, 15) is 8.78 Å². The summed E-state index contributed by atoms with van der Waals surface area (Å²) >= 11 is 3.16. The molecule has 0 radical (unpaired) electrons. The van der Waals surface area contributed by atoms with Crippen molar-refractivity contribution in [2.45, 2.75) is 6.61 Å². The molecule has 96 valence electrons. The molecule has 2 rings (SSSR count). The van der Waals surface area contributed by atoms with Crippen LogP contribution in [0.25, 0.3) is 0 Å². The van der Waals surface area contributed by atoms with E-state index in [0.29, 0.717) is 10.2 Å². The van der Waals surface area contributed by atoms with E-state index in [0.717, 1.165) is 0 Å². The molecule has 5 heteroatoms. The highest BCUT2D eigenvalue weighted by Crippen LogP contribution is 2.26. The molecule has 2 aromatic rings. The quantitative estimate of drug-likeness (QED) is 0.849. The number of hydrogen-bond acceptors (Lipinski definition) is 2. The van der Waals surface area contributed by atoms with Gasteiger partial charge in [-0.2, -0.15) is 5.26 Å². The Morgan fingerprint density at radius 3 is 2.68 bits per heavy atom. The zero-order valence-corrected chi connectivity index (χ0v) is 11.2. The summed E-state index contributed by atoms with van der Waals surface area (Å²) in [5.74, 6) is -0.580. The van der Waals surface area contributed by atoms with Gasteiger partial charge in [0.15, 0.2) is 0 Å². The maximum Gasteiger partial charge on any atom is 0.147 e. The molecule has 0 fully saturated rings. The van der Waals surface area contributed by atoms with Gasteiger partial charge in [-0.1, -0.05) is 12.1 Å². The number of benzene rings is 2. The van der Waals surface area contributed by atoms with E-state index >= 15 is 0 Å². The van der Waals surface area contributed by atoms with E-state index < -0.39 is 11.6 Å². The second-order valence-electron chi connectivity index (χ2n) is 3.75. The largest absolute Gasteiger partial charge is 0.488 e. The van der Waals surface area contributed by atoms with Crippen molar-refractivity contribution >= 4 is 15.9 Å². The normalized spacial score (nSPS) is 10.0. The lowest BCUT2D eigenvalue weighted by Gasteiger charge is -2.09. The molecule has 0 aliphatic heterocycles. The summed E-state index contributed by atoms with van der Waals surface area (Å²) < 4.78 is 32.5. The molecule has 0 heterocycles. The van der Waals surface area contributed by atoms with Gasteiger partial charge in [0.2, 0.25) is 0 Å². The molecule has 0 saturated carbocycles. The summed E-state index contributed by atoms with van der Waals surface area (Å²) in [5.41, 5.74) is 0.245. The van der Waals surface area contributed by atoms with E-state index in [1.165, 1.54) is 30.3 Å². The summed E-state index contributed by atoms with van der Waals surface area (Å²) in [5, 5.41) is 8.72. The smallest absolute Gasteiger partial charge is 0.147 e. The fraction of sp³-hybridized carbons (Fsp3) is 0.0714. The molecule has 0 aromatic heterocycles. The third-order valence-electron chi connectivity index (χ3n) is 2.48. The van der Waals surface area contributed by atoms with Gasteiger partial charge in [0.05, 0.1) is 10.0 Å². The van der Waals surface area contributed by atoms with E-state index in [4.69, 9.17) is 10.00 Å². The van der Waals surface area contributed by atoms with Crippen LogP contribution in [0.2, 0.25) is 0 Å². The topological polar surface area (TPSA) is 33.0 Å². The van der Waals surface area contributed by atoms with Gasteiger partial charge >= 0.3 is 0 Å². The van der Waals surface area contributed by atoms with Crippen LogP contribution >= 0.6 is 15.9 Å². The first-order chi connectivity index (χ1) is 9.11. The SMILES string of the molecule is N#Cc1cccc(COc2ccc(F)cc2Br)c1F. The van der Waals surface area contributed by atoms with Crippen LogP contribution in [0.4, 0.5) is 8.78 Å². The Bertz CT molecular complexity index is 652. The molecular weight excluding hydrogens is 316 g/mol. The van der Waals surface area contributed by atoms with Crippen molar-refractivity contribution in [3.63, 3.8) is 0 Å². The molecule has 2 aromatic carbocycles. The summed E-state index contributed by atoms with van der Waals surface area (Å²) in [6, 6.07) is 10.2. The molecule has 0 amide bonds. The first-order valence-electron chi connectivity index (χ1n) is 5.37. The van der Waals surface area contributed by atoms with Crippen LogP contribution in [0, 0.1) is 23.0 Å². The zero-order valence-electron chi connectivity index (χ0n) is 9.66. The lowest BCUT2D eigenvalue weighted by Crippen LogP contribution is -2.00. The minimum absolute atomic E-state index is 0.0285. The number of halogens is 3. The van der Waals surface area contributed by atoms with Crippen LogP contribution in [0.1, 0.15) is 11.1 Å². The third-order valence-corrected chi connectivity index (χ3v) is 3.10. The molecule has 2 nitrogen and oxygen atoms in total. The Labute approximate surface area is 117 Å². The molecule has 0 unspecified atom stereocenters. The standard InChI is InChI=1S/C14H8BrF2NO/c15-12-6-11(16)4-5-13(12)19-8-10-3-1-2-9(7-18)14(10)17/h1-6H,8H2. The number of ether oxygens (including phenoxy) is 1. The van der Waals surface area contributed by atoms with Gasteiger partial charge in [0.1, 0.15) is 30.1 Å². The van der Waals surface area contributed by atoms with Crippen LogP contribution in [-0.2, 0) is 6.61 Å². The average Bonchev–Trinajstić information content (AvgIpc) is 2.39. The Kier molecular flexibility index (Phi) is 4.13. The lowest BCUT2D eigenvalue weighted by atomic mass is 10.1. The molecule has 0 atom stereocenters. The Hall–Kier alpha value is -1.93. The van der Waals surface area contributed by atoms with Crippen molar-refractivity contribution in [1.29, 1.82) is 5.26 Å². The number of nitrogens with zero attached hydrogens (tertiary/aromatic N) is 1. The summed E-state index contributed by atoms with van der Waals surface area (Å²) in [7, 11) is 0. The number of hydrogen-bond donors (Lipinski definition) is 0. The molecule has 0 aliphatic rings. The predicted octanol–water partition coefficient (Wildman–Crippen LogP) is 4.18. The highest BCUT2D eigenvalue weighted by atomic mass is 79.9.